The Morgan fingerprint density at radius 1 is 1.04 bits per heavy atom. The van der Waals surface area contributed by atoms with Gasteiger partial charge in [0.05, 0.1) is 22.0 Å². The minimum atomic E-state index is -4.23. The lowest BCUT2D eigenvalue weighted by molar-refractivity contribution is -0.348. The van der Waals surface area contributed by atoms with Gasteiger partial charge in [-0.25, -0.2) is 0 Å². The minimum Gasteiger partial charge on any atom is -0.623 e. The standard InChI is InChI=1S/C16H10BBrF2N2O/c18-12-6-8-16(21-9-12)22-10-14-13-4-2-1-3-11(13)5-7-15(14)23-17(22,19)20/h1-10H. The first-order valence-corrected chi connectivity index (χ1v) is 7.81. The van der Waals surface area contributed by atoms with E-state index in [9.17, 15) is 8.63 Å². The summed E-state index contributed by atoms with van der Waals surface area (Å²) in [6.45, 7) is 0. The Hall–Kier alpha value is -2.28. The lowest BCUT2D eigenvalue weighted by Gasteiger charge is -2.31. The van der Waals surface area contributed by atoms with Crippen molar-refractivity contribution in [1.82, 2.24) is 4.98 Å². The second-order valence-electron chi connectivity index (χ2n) is 5.25. The van der Waals surface area contributed by atoms with Gasteiger partial charge in [-0.2, -0.15) is 0 Å². The van der Waals surface area contributed by atoms with Crippen molar-refractivity contribution < 1.29 is 17.8 Å². The molecule has 4 rings (SSSR count). The summed E-state index contributed by atoms with van der Waals surface area (Å²) >= 11 is 3.25. The summed E-state index contributed by atoms with van der Waals surface area (Å²) < 4.78 is 35.4. The van der Waals surface area contributed by atoms with Gasteiger partial charge in [-0.3, -0.25) is 0 Å². The Bertz CT molecular complexity index is 944. The summed E-state index contributed by atoms with van der Waals surface area (Å²) in [6.07, 6.45) is 2.89. The number of fused-ring (bicyclic) bond motifs is 3. The summed E-state index contributed by atoms with van der Waals surface area (Å²) in [5, 5.41) is 1.82. The summed E-state index contributed by atoms with van der Waals surface area (Å²) in [5.74, 6) is 0.318. The van der Waals surface area contributed by atoms with Crippen LogP contribution in [0.4, 0.5) is 14.4 Å². The van der Waals surface area contributed by atoms with Crippen LogP contribution >= 0.6 is 15.9 Å². The van der Waals surface area contributed by atoms with E-state index in [1.807, 2.05) is 24.3 Å². The van der Waals surface area contributed by atoms with E-state index in [1.165, 1.54) is 18.5 Å². The lowest BCUT2D eigenvalue weighted by atomic mass is 9.96. The van der Waals surface area contributed by atoms with Gasteiger partial charge in [0.15, 0.2) is 6.20 Å². The largest absolute Gasteiger partial charge is 0.734 e. The fraction of sp³-hybridized carbons (Fsp3) is 0. The highest BCUT2D eigenvalue weighted by atomic mass is 79.9. The van der Waals surface area contributed by atoms with Crippen LogP contribution in [0.3, 0.4) is 0 Å². The van der Waals surface area contributed by atoms with Gasteiger partial charge in [-0.15, -0.1) is 0 Å². The smallest absolute Gasteiger partial charge is 0.623 e. The van der Waals surface area contributed by atoms with Gasteiger partial charge < -0.3 is 17.8 Å². The Kier molecular flexibility index (Phi) is 3.19. The Morgan fingerprint density at radius 3 is 2.65 bits per heavy atom. The van der Waals surface area contributed by atoms with Crippen LogP contribution in [-0.4, -0.2) is 22.7 Å². The van der Waals surface area contributed by atoms with Crippen LogP contribution in [-0.2, 0) is 0 Å². The highest BCUT2D eigenvalue weighted by Crippen LogP contribution is 2.34. The van der Waals surface area contributed by atoms with Gasteiger partial charge in [-0.1, -0.05) is 35.3 Å². The molecule has 1 aromatic heterocycles. The molecule has 0 radical (unpaired) electrons. The normalized spacial score (nSPS) is 15.7. The van der Waals surface area contributed by atoms with Crippen molar-refractivity contribution in [3.63, 3.8) is 0 Å². The molecule has 0 atom stereocenters. The molecule has 0 N–H and O–H groups in total. The second kappa shape index (κ2) is 5.13. The summed E-state index contributed by atoms with van der Waals surface area (Å²) in [5.41, 5.74) is 0.626. The molecule has 3 nitrogen and oxygen atoms in total. The molecular formula is C16H10BBrF2N2O. The Morgan fingerprint density at radius 2 is 1.87 bits per heavy atom. The van der Waals surface area contributed by atoms with Gasteiger partial charge in [0, 0.05) is 6.07 Å². The molecule has 0 saturated heterocycles. The molecule has 0 spiro atoms. The topological polar surface area (TPSA) is 25.1 Å². The van der Waals surface area contributed by atoms with E-state index in [4.69, 9.17) is 4.65 Å². The van der Waals surface area contributed by atoms with Crippen LogP contribution in [0.15, 0.2) is 59.2 Å². The molecule has 114 valence electrons. The fourth-order valence-electron chi connectivity index (χ4n) is 2.69. The van der Waals surface area contributed by atoms with Crippen LogP contribution in [0.1, 0.15) is 5.56 Å². The van der Waals surface area contributed by atoms with Gasteiger partial charge in [0.1, 0.15) is 0 Å². The van der Waals surface area contributed by atoms with E-state index in [0.717, 1.165) is 19.7 Å². The highest BCUT2D eigenvalue weighted by Gasteiger charge is 2.45. The third-order valence-electron chi connectivity index (χ3n) is 3.77. The molecule has 1 aliphatic rings. The van der Waals surface area contributed by atoms with Crippen molar-refractivity contribution in [2.45, 2.75) is 0 Å². The number of pyridine rings is 1. The van der Waals surface area contributed by atoms with Crippen LogP contribution < -0.4 is 4.65 Å². The van der Waals surface area contributed by atoms with E-state index in [2.05, 4.69) is 20.9 Å². The van der Waals surface area contributed by atoms with E-state index >= 15 is 0 Å². The van der Waals surface area contributed by atoms with Gasteiger partial charge in [0.25, 0.3) is 5.82 Å². The maximum atomic E-state index is 14.4. The van der Waals surface area contributed by atoms with Crippen LogP contribution in [0.25, 0.3) is 10.8 Å². The van der Waals surface area contributed by atoms with Crippen LogP contribution in [0.5, 0.6) is 5.75 Å². The first-order valence-electron chi connectivity index (χ1n) is 7.01. The minimum absolute atomic E-state index is 0.136. The maximum Gasteiger partial charge on any atom is 0.734 e. The molecule has 3 aromatic rings. The van der Waals surface area contributed by atoms with Crippen molar-refractivity contribution >= 4 is 45.8 Å². The number of aromatic nitrogens is 1. The third kappa shape index (κ3) is 2.41. The molecule has 2 heterocycles. The zero-order valence-corrected chi connectivity index (χ0v) is 13.4. The molecule has 2 aromatic carbocycles. The van der Waals surface area contributed by atoms with Crippen molar-refractivity contribution in [2.24, 2.45) is 0 Å². The molecule has 0 aliphatic carbocycles. The maximum absolute atomic E-state index is 14.4. The number of nitrogens with zero attached hydrogens (tertiary/aromatic N) is 2. The number of hydrogen-bond acceptors (Lipinski definition) is 2. The lowest BCUT2D eigenvalue weighted by Crippen LogP contribution is -2.46. The number of rotatable bonds is 1. The van der Waals surface area contributed by atoms with Gasteiger partial charge in [0.2, 0.25) is 0 Å². The highest BCUT2D eigenvalue weighted by molar-refractivity contribution is 9.10. The van der Waals surface area contributed by atoms with Crippen molar-refractivity contribution in [2.75, 3.05) is 0 Å². The Labute approximate surface area is 139 Å². The van der Waals surface area contributed by atoms with Crippen molar-refractivity contribution in [1.29, 1.82) is 0 Å². The molecule has 0 saturated carbocycles. The molecule has 0 fully saturated rings. The van der Waals surface area contributed by atoms with E-state index in [1.54, 1.807) is 18.2 Å². The van der Waals surface area contributed by atoms with Crippen LogP contribution in [0.2, 0.25) is 0 Å². The molecule has 1 aliphatic heterocycles. The number of hydrogen-bond donors (Lipinski definition) is 0. The monoisotopic (exact) mass is 374 g/mol. The van der Waals surface area contributed by atoms with E-state index < -0.39 is 7.04 Å². The third-order valence-corrected chi connectivity index (χ3v) is 4.24. The second-order valence-corrected chi connectivity index (χ2v) is 6.16. The average Bonchev–Trinajstić information content (AvgIpc) is 2.54. The summed E-state index contributed by atoms with van der Waals surface area (Å²) in [6, 6.07) is 14.2. The van der Waals surface area contributed by atoms with Gasteiger partial charge >= 0.3 is 7.04 Å². The number of benzene rings is 2. The molecule has 0 unspecified atom stereocenters. The van der Waals surface area contributed by atoms with E-state index in [-0.39, 0.29) is 11.6 Å². The Balaban J connectivity index is 1.97. The molecule has 0 bridgehead atoms. The molecule has 23 heavy (non-hydrogen) atoms. The zero-order chi connectivity index (χ0) is 16.0. The zero-order valence-electron chi connectivity index (χ0n) is 11.8. The van der Waals surface area contributed by atoms with Crippen LogP contribution in [0, 0.1) is 0 Å². The molecule has 7 heteroatoms. The van der Waals surface area contributed by atoms with Crippen molar-refractivity contribution in [3.05, 3.63) is 64.8 Å². The summed E-state index contributed by atoms with van der Waals surface area (Å²) in [4.78, 5) is 4.05. The first kappa shape index (κ1) is 14.3. The SMILES string of the molecule is F[B-]1(F)Oc2ccc3ccccc3c2C=[N+]1c1ccc(Br)cn1. The fourth-order valence-corrected chi connectivity index (χ4v) is 2.92. The molecular weight excluding hydrogens is 365 g/mol. The average molecular weight is 375 g/mol. The predicted molar refractivity (Wildman–Crippen MR) is 89.6 cm³/mol. The van der Waals surface area contributed by atoms with Crippen molar-refractivity contribution in [3.8, 4) is 5.75 Å². The summed E-state index contributed by atoms with van der Waals surface area (Å²) in [7, 11) is -4.23. The number of halogens is 3. The molecule has 0 amide bonds. The quantitative estimate of drug-likeness (QED) is 0.585. The predicted octanol–water partition coefficient (Wildman–Crippen LogP) is 4.53. The van der Waals surface area contributed by atoms with E-state index in [0.29, 0.717) is 5.56 Å². The van der Waals surface area contributed by atoms with Gasteiger partial charge in [-0.05, 0) is 38.8 Å². The first-order chi connectivity index (χ1) is 11.0.